The lowest BCUT2D eigenvalue weighted by atomic mass is 10.1. The maximum Gasteiger partial charge on any atom is 0.423 e. The molecule has 0 bridgehead atoms. The van der Waals surface area contributed by atoms with Crippen molar-refractivity contribution in [1.82, 2.24) is 20.6 Å². The van der Waals surface area contributed by atoms with Gasteiger partial charge in [0, 0.05) is 11.8 Å². The molecular formula is C10H9F3N6O2. The Balaban J connectivity index is 2.32. The molecule has 0 amide bonds. The van der Waals surface area contributed by atoms with E-state index in [9.17, 15) is 23.3 Å². The minimum Gasteiger partial charge on any atom is -0.375 e. The highest BCUT2D eigenvalue weighted by Crippen LogP contribution is 2.37. The Morgan fingerprint density at radius 1 is 1.43 bits per heavy atom. The highest BCUT2D eigenvalue weighted by molar-refractivity contribution is 5.55. The predicted octanol–water partition coefficient (Wildman–Crippen LogP) is 2.30. The number of tetrazole rings is 1. The fourth-order valence-corrected chi connectivity index (χ4v) is 1.68. The fourth-order valence-electron chi connectivity index (χ4n) is 1.68. The van der Waals surface area contributed by atoms with Crippen molar-refractivity contribution in [2.75, 3.05) is 5.32 Å². The number of aromatic amines is 1. The van der Waals surface area contributed by atoms with E-state index in [2.05, 4.69) is 25.9 Å². The summed E-state index contributed by atoms with van der Waals surface area (Å²) >= 11 is 0. The lowest BCUT2D eigenvalue weighted by molar-refractivity contribution is -0.388. The predicted molar refractivity (Wildman–Crippen MR) is 64.3 cm³/mol. The van der Waals surface area contributed by atoms with Crippen molar-refractivity contribution >= 4 is 11.4 Å². The van der Waals surface area contributed by atoms with Crippen LogP contribution in [0.25, 0.3) is 0 Å². The summed E-state index contributed by atoms with van der Waals surface area (Å²) in [6.07, 6.45) is -4.82. The van der Waals surface area contributed by atoms with E-state index in [0.717, 1.165) is 6.07 Å². The normalized spacial score (nSPS) is 13.0. The van der Waals surface area contributed by atoms with Crippen molar-refractivity contribution in [2.24, 2.45) is 0 Å². The second-order valence-electron chi connectivity index (χ2n) is 4.12. The van der Waals surface area contributed by atoms with Crippen LogP contribution in [0.5, 0.6) is 0 Å². The Hall–Kier alpha value is -2.72. The van der Waals surface area contributed by atoms with Crippen LogP contribution in [0.1, 0.15) is 24.4 Å². The van der Waals surface area contributed by atoms with Gasteiger partial charge in [-0.05, 0) is 19.1 Å². The van der Waals surface area contributed by atoms with Gasteiger partial charge in [0.15, 0.2) is 5.82 Å². The number of hydrogen-bond donors (Lipinski definition) is 2. The average molecular weight is 302 g/mol. The number of alkyl halides is 3. The van der Waals surface area contributed by atoms with Crippen molar-refractivity contribution in [1.29, 1.82) is 0 Å². The van der Waals surface area contributed by atoms with Crippen molar-refractivity contribution < 1.29 is 18.1 Å². The van der Waals surface area contributed by atoms with E-state index in [-0.39, 0.29) is 11.5 Å². The number of anilines is 1. The van der Waals surface area contributed by atoms with Gasteiger partial charge in [-0.15, -0.1) is 10.2 Å². The van der Waals surface area contributed by atoms with Crippen LogP contribution in [-0.2, 0) is 6.18 Å². The van der Waals surface area contributed by atoms with E-state index in [0.29, 0.717) is 6.07 Å². The van der Waals surface area contributed by atoms with Crippen LogP contribution >= 0.6 is 0 Å². The average Bonchev–Trinajstić information content (AvgIpc) is 2.91. The number of benzene rings is 1. The van der Waals surface area contributed by atoms with Gasteiger partial charge in [-0.25, -0.2) is 0 Å². The second kappa shape index (κ2) is 5.34. The summed E-state index contributed by atoms with van der Waals surface area (Å²) in [5, 5.41) is 26.3. The highest BCUT2D eigenvalue weighted by atomic mass is 19.4. The van der Waals surface area contributed by atoms with Gasteiger partial charge < -0.3 is 5.32 Å². The van der Waals surface area contributed by atoms with Gasteiger partial charge in [0.2, 0.25) is 0 Å². The molecule has 0 fully saturated rings. The second-order valence-corrected chi connectivity index (χ2v) is 4.12. The number of aromatic nitrogens is 4. The van der Waals surface area contributed by atoms with Crippen LogP contribution in [0, 0.1) is 10.1 Å². The van der Waals surface area contributed by atoms with Crippen LogP contribution < -0.4 is 5.32 Å². The molecule has 1 aromatic carbocycles. The third-order valence-electron chi connectivity index (χ3n) is 2.63. The highest BCUT2D eigenvalue weighted by Gasteiger charge is 2.38. The Bertz CT molecular complexity index is 643. The molecule has 0 saturated heterocycles. The molecule has 1 heterocycles. The zero-order chi connectivity index (χ0) is 15.6. The number of nitrogens with one attached hydrogen (secondary N) is 2. The van der Waals surface area contributed by atoms with Gasteiger partial charge in [0.1, 0.15) is 5.56 Å². The molecule has 11 heteroatoms. The third-order valence-corrected chi connectivity index (χ3v) is 2.63. The van der Waals surface area contributed by atoms with E-state index in [4.69, 9.17) is 0 Å². The Morgan fingerprint density at radius 2 is 2.14 bits per heavy atom. The van der Waals surface area contributed by atoms with Crippen LogP contribution in [0.2, 0.25) is 0 Å². The quantitative estimate of drug-likeness (QED) is 0.662. The number of halogens is 3. The van der Waals surface area contributed by atoms with Gasteiger partial charge >= 0.3 is 6.18 Å². The standard InChI is InChI=1S/C10H9F3N6O2/c1-5(9-15-17-18-16-9)14-6-2-3-8(19(20)21)7(4-6)10(11,12)13/h2-5,14H,1H3,(H,15,16,17,18). The van der Waals surface area contributed by atoms with Gasteiger partial charge in [-0.2, -0.15) is 18.4 Å². The molecule has 0 saturated carbocycles. The fraction of sp³-hybridized carbons (Fsp3) is 0.300. The number of nitro benzene ring substituents is 1. The molecule has 8 nitrogen and oxygen atoms in total. The van der Waals surface area contributed by atoms with Gasteiger partial charge in [-0.3, -0.25) is 10.1 Å². The summed E-state index contributed by atoms with van der Waals surface area (Å²) in [6, 6.07) is 2.14. The molecule has 2 N–H and O–H groups in total. The Labute approximate surface area is 115 Å². The topological polar surface area (TPSA) is 110 Å². The number of H-pyrrole nitrogens is 1. The molecule has 0 radical (unpaired) electrons. The van der Waals surface area contributed by atoms with Gasteiger partial charge in [0.05, 0.1) is 11.0 Å². The van der Waals surface area contributed by atoms with Gasteiger partial charge in [-0.1, -0.05) is 5.21 Å². The lowest BCUT2D eigenvalue weighted by Gasteiger charge is -2.14. The molecular weight excluding hydrogens is 293 g/mol. The molecule has 112 valence electrons. The smallest absolute Gasteiger partial charge is 0.375 e. The van der Waals surface area contributed by atoms with E-state index >= 15 is 0 Å². The van der Waals surface area contributed by atoms with Crippen molar-refractivity contribution in [3.63, 3.8) is 0 Å². The molecule has 2 aromatic rings. The van der Waals surface area contributed by atoms with Crippen molar-refractivity contribution in [3.05, 3.63) is 39.7 Å². The molecule has 1 unspecified atom stereocenters. The maximum absolute atomic E-state index is 12.8. The van der Waals surface area contributed by atoms with E-state index in [1.54, 1.807) is 6.92 Å². The summed E-state index contributed by atoms with van der Waals surface area (Å²) < 4.78 is 38.5. The zero-order valence-electron chi connectivity index (χ0n) is 10.5. The van der Waals surface area contributed by atoms with E-state index in [1.807, 2.05) is 0 Å². The Morgan fingerprint density at radius 3 is 2.67 bits per heavy atom. The van der Waals surface area contributed by atoms with E-state index < -0.39 is 28.4 Å². The number of hydrogen-bond acceptors (Lipinski definition) is 6. The first-order chi connectivity index (χ1) is 9.79. The molecule has 21 heavy (non-hydrogen) atoms. The van der Waals surface area contributed by atoms with Gasteiger partial charge in [0.25, 0.3) is 5.69 Å². The SMILES string of the molecule is CC(Nc1ccc([N+](=O)[O-])c(C(F)(F)F)c1)c1nn[nH]n1. The van der Waals surface area contributed by atoms with Crippen LogP contribution in [0.4, 0.5) is 24.5 Å². The largest absolute Gasteiger partial charge is 0.423 e. The number of nitrogens with zero attached hydrogens (tertiary/aromatic N) is 4. The zero-order valence-corrected chi connectivity index (χ0v) is 10.5. The first-order valence-corrected chi connectivity index (χ1v) is 5.64. The molecule has 2 rings (SSSR count). The summed E-state index contributed by atoms with van der Waals surface area (Å²) in [7, 11) is 0. The number of rotatable bonds is 4. The maximum atomic E-state index is 12.8. The molecule has 1 atom stereocenters. The first kappa shape index (κ1) is 14.7. The molecule has 0 aliphatic carbocycles. The summed E-state index contributed by atoms with van der Waals surface area (Å²) in [5.74, 6) is 0.252. The van der Waals surface area contributed by atoms with Crippen LogP contribution in [0.15, 0.2) is 18.2 Å². The van der Waals surface area contributed by atoms with Crippen LogP contribution in [0.3, 0.4) is 0 Å². The van der Waals surface area contributed by atoms with Crippen LogP contribution in [-0.4, -0.2) is 25.5 Å². The lowest BCUT2D eigenvalue weighted by Crippen LogP contribution is -2.12. The third kappa shape index (κ3) is 3.24. The molecule has 0 aliphatic heterocycles. The minimum atomic E-state index is -4.82. The molecule has 0 spiro atoms. The summed E-state index contributed by atoms with van der Waals surface area (Å²) in [5.41, 5.74) is -2.26. The first-order valence-electron chi connectivity index (χ1n) is 5.64. The van der Waals surface area contributed by atoms with E-state index in [1.165, 1.54) is 6.07 Å². The Kier molecular flexibility index (Phi) is 3.74. The monoisotopic (exact) mass is 302 g/mol. The number of nitro groups is 1. The minimum absolute atomic E-state index is 0.0604. The summed E-state index contributed by atoms with van der Waals surface area (Å²) in [4.78, 5) is 9.57. The molecule has 0 aliphatic rings. The summed E-state index contributed by atoms with van der Waals surface area (Å²) in [6.45, 7) is 1.61. The van der Waals surface area contributed by atoms with Crippen molar-refractivity contribution in [2.45, 2.75) is 19.1 Å². The van der Waals surface area contributed by atoms with Crippen molar-refractivity contribution in [3.8, 4) is 0 Å². The molecule has 1 aromatic heterocycles.